The number of aromatic nitrogens is 1. The summed E-state index contributed by atoms with van der Waals surface area (Å²) >= 11 is 0. The first-order valence-corrected chi connectivity index (χ1v) is 3.34. The second kappa shape index (κ2) is 2.83. The number of rotatable bonds is 0. The van der Waals surface area contributed by atoms with Crippen LogP contribution >= 0.6 is 0 Å². The first-order valence-electron chi connectivity index (χ1n) is 3.34. The van der Waals surface area contributed by atoms with Crippen molar-refractivity contribution in [1.29, 1.82) is 0 Å². The lowest BCUT2D eigenvalue weighted by Gasteiger charge is -1.97. The van der Waals surface area contributed by atoms with Crippen LogP contribution in [0.4, 0.5) is 0 Å². The van der Waals surface area contributed by atoms with Gasteiger partial charge in [0.25, 0.3) is 0 Å². The number of furan rings is 1. The minimum Gasteiger partial charge on any atom is -0.618 e. The summed E-state index contributed by atoms with van der Waals surface area (Å²) in [5.41, 5.74) is 1.40. The van der Waals surface area contributed by atoms with Gasteiger partial charge in [-0.15, -0.1) is 0 Å². The molecule has 0 atom stereocenters. The van der Waals surface area contributed by atoms with Gasteiger partial charge in [-0.3, -0.25) is 0 Å². The molecular weight excluding hydrogens is 158 g/mol. The van der Waals surface area contributed by atoms with Crippen LogP contribution in [0, 0.1) is 12.1 Å². The maximum atomic E-state index is 11.0. The molecule has 0 unspecified atom stereocenters. The molecule has 0 saturated heterocycles. The van der Waals surface area contributed by atoms with E-state index in [-0.39, 0.29) is 5.48 Å². The van der Waals surface area contributed by atoms with Gasteiger partial charge in [-0.05, 0) is 6.07 Å². The normalized spacial score (nSPS) is 9.75. The highest BCUT2D eigenvalue weighted by Crippen LogP contribution is 2.12. The molecule has 64 valence electrons. The van der Waals surface area contributed by atoms with Crippen molar-refractivity contribution >= 4 is 11.0 Å². The quantitative estimate of drug-likeness (QED) is 0.424. The number of hydrogen-bond donors (Lipinski definition) is 0. The van der Waals surface area contributed by atoms with Gasteiger partial charge in [-0.2, -0.15) is 4.73 Å². The van der Waals surface area contributed by atoms with Crippen molar-refractivity contribution in [1.82, 2.24) is 0 Å². The lowest BCUT2D eigenvalue weighted by atomic mass is 10.3. The summed E-state index contributed by atoms with van der Waals surface area (Å²) in [7, 11) is 0. The Morgan fingerprint density at radius 2 is 2.25 bits per heavy atom. The number of fused-ring (bicyclic) bond motifs is 1. The molecule has 0 aliphatic rings. The fraction of sp³-hybridized carbons (Fsp3) is 0.125. The van der Waals surface area contributed by atoms with Gasteiger partial charge in [-0.25, -0.2) is 0 Å². The van der Waals surface area contributed by atoms with E-state index in [0.717, 1.165) is 15.7 Å². The van der Waals surface area contributed by atoms with Gasteiger partial charge >= 0.3 is 0 Å². The molecule has 0 spiro atoms. The number of aryl methyl sites for hydroxylation is 1. The van der Waals surface area contributed by atoms with E-state index in [0.29, 0.717) is 5.69 Å². The number of pyridine rings is 1. The molecule has 0 amide bonds. The lowest BCUT2D eigenvalue weighted by molar-refractivity contribution is -0.610. The van der Waals surface area contributed by atoms with Crippen molar-refractivity contribution in [2.24, 2.45) is 0 Å². The fourth-order valence-electron chi connectivity index (χ4n) is 1.04. The first kappa shape index (κ1) is 8.55. The molecule has 0 aliphatic heterocycles. The second-order valence-corrected chi connectivity index (χ2v) is 2.48. The standard InChI is InChI=1S/C8H7NO2.H2O/c1-6-4-8-7(2-3-11-8)5-9(6)10;/h2-5H,1H3;1H2. The van der Waals surface area contributed by atoms with E-state index >= 15 is 0 Å². The zero-order valence-electron chi connectivity index (χ0n) is 6.57. The van der Waals surface area contributed by atoms with Gasteiger partial charge in [0, 0.05) is 13.0 Å². The molecule has 2 rings (SSSR count). The summed E-state index contributed by atoms with van der Waals surface area (Å²) in [4.78, 5) is 0. The van der Waals surface area contributed by atoms with Gasteiger partial charge in [0.15, 0.2) is 11.9 Å². The third-order valence-corrected chi connectivity index (χ3v) is 1.67. The summed E-state index contributed by atoms with van der Waals surface area (Å²) in [6.07, 6.45) is 3.08. The zero-order chi connectivity index (χ0) is 7.84. The Morgan fingerprint density at radius 1 is 1.50 bits per heavy atom. The maximum Gasteiger partial charge on any atom is 0.193 e. The summed E-state index contributed by atoms with van der Waals surface area (Å²) in [6.45, 7) is 1.74. The van der Waals surface area contributed by atoms with E-state index in [4.69, 9.17) is 4.42 Å². The minimum atomic E-state index is 0. The van der Waals surface area contributed by atoms with Gasteiger partial charge < -0.3 is 15.1 Å². The smallest absolute Gasteiger partial charge is 0.193 e. The summed E-state index contributed by atoms with van der Waals surface area (Å²) in [5, 5.41) is 11.8. The van der Waals surface area contributed by atoms with Crippen LogP contribution in [-0.4, -0.2) is 5.48 Å². The van der Waals surface area contributed by atoms with Crippen molar-refractivity contribution in [3.05, 3.63) is 35.5 Å². The Morgan fingerprint density at radius 3 is 3.00 bits per heavy atom. The fourth-order valence-corrected chi connectivity index (χ4v) is 1.04. The highest BCUT2D eigenvalue weighted by molar-refractivity contribution is 5.75. The highest BCUT2D eigenvalue weighted by atomic mass is 16.5. The molecule has 12 heavy (non-hydrogen) atoms. The molecule has 0 saturated carbocycles. The van der Waals surface area contributed by atoms with Crippen LogP contribution < -0.4 is 4.73 Å². The molecule has 0 aromatic carbocycles. The van der Waals surface area contributed by atoms with E-state index < -0.39 is 0 Å². The molecule has 0 aliphatic carbocycles. The van der Waals surface area contributed by atoms with Crippen LogP contribution in [-0.2, 0) is 0 Å². The van der Waals surface area contributed by atoms with E-state index in [1.807, 2.05) is 0 Å². The molecule has 2 heterocycles. The second-order valence-electron chi connectivity index (χ2n) is 2.48. The van der Waals surface area contributed by atoms with Crippen molar-refractivity contribution in [3.63, 3.8) is 0 Å². The molecule has 2 aromatic rings. The molecule has 2 aromatic heterocycles. The highest BCUT2D eigenvalue weighted by Gasteiger charge is 2.03. The maximum absolute atomic E-state index is 11.0. The first-order chi connectivity index (χ1) is 5.27. The summed E-state index contributed by atoms with van der Waals surface area (Å²) in [5.74, 6) is 0. The molecule has 4 heteroatoms. The minimum absolute atomic E-state index is 0. The largest absolute Gasteiger partial charge is 0.618 e. The van der Waals surface area contributed by atoms with Gasteiger partial charge in [-0.1, -0.05) is 0 Å². The average Bonchev–Trinajstić information content (AvgIpc) is 2.36. The molecule has 0 bridgehead atoms. The van der Waals surface area contributed by atoms with Crippen molar-refractivity contribution in [2.45, 2.75) is 6.92 Å². The lowest BCUT2D eigenvalue weighted by Crippen LogP contribution is -2.28. The summed E-state index contributed by atoms with van der Waals surface area (Å²) < 4.78 is 5.93. The van der Waals surface area contributed by atoms with E-state index in [9.17, 15) is 5.21 Å². The van der Waals surface area contributed by atoms with E-state index in [2.05, 4.69) is 0 Å². The summed E-state index contributed by atoms with van der Waals surface area (Å²) in [6, 6.07) is 3.49. The molecule has 4 nitrogen and oxygen atoms in total. The average molecular weight is 167 g/mol. The van der Waals surface area contributed by atoms with Crippen LogP contribution in [0.2, 0.25) is 0 Å². The van der Waals surface area contributed by atoms with Crippen LogP contribution in [0.15, 0.2) is 29.0 Å². The molecule has 0 radical (unpaired) electrons. The van der Waals surface area contributed by atoms with Crippen LogP contribution in [0.1, 0.15) is 5.69 Å². The third-order valence-electron chi connectivity index (χ3n) is 1.67. The predicted molar refractivity (Wildman–Crippen MR) is 43.5 cm³/mol. The Hall–Kier alpha value is -1.55. The monoisotopic (exact) mass is 167 g/mol. The van der Waals surface area contributed by atoms with Gasteiger partial charge in [0.2, 0.25) is 0 Å². The number of hydrogen-bond acceptors (Lipinski definition) is 2. The molecule has 0 fully saturated rings. The molecular formula is C8H9NO3. The van der Waals surface area contributed by atoms with Crippen LogP contribution in [0.5, 0.6) is 0 Å². The van der Waals surface area contributed by atoms with Crippen molar-refractivity contribution < 1.29 is 14.6 Å². The SMILES string of the molecule is Cc1cc2occc2c[n+]1[O-].O. The Bertz CT molecular complexity index is 358. The van der Waals surface area contributed by atoms with Crippen molar-refractivity contribution in [2.75, 3.05) is 0 Å². The van der Waals surface area contributed by atoms with Crippen LogP contribution in [0.3, 0.4) is 0 Å². The van der Waals surface area contributed by atoms with Gasteiger partial charge in [0.05, 0.1) is 11.6 Å². The predicted octanol–water partition coefficient (Wildman–Crippen LogP) is 0.550. The van der Waals surface area contributed by atoms with E-state index in [1.54, 1.807) is 25.3 Å². The Kier molecular flexibility index (Phi) is 2.01. The van der Waals surface area contributed by atoms with Crippen LogP contribution in [0.25, 0.3) is 11.0 Å². The van der Waals surface area contributed by atoms with E-state index in [1.165, 1.54) is 6.20 Å². The Balaban J connectivity index is 0.000000720. The zero-order valence-corrected chi connectivity index (χ0v) is 6.57. The number of nitrogens with zero attached hydrogens (tertiary/aromatic N) is 1. The third kappa shape index (κ3) is 1.12. The topological polar surface area (TPSA) is 71.6 Å². The van der Waals surface area contributed by atoms with Gasteiger partial charge in [0.1, 0.15) is 5.58 Å². The van der Waals surface area contributed by atoms with Crippen molar-refractivity contribution in [3.8, 4) is 0 Å². The Labute approximate surface area is 68.9 Å². The molecule has 2 N–H and O–H groups in total.